The fraction of sp³-hybridized carbons (Fsp3) is 0.333. The van der Waals surface area contributed by atoms with Gasteiger partial charge in [0.2, 0.25) is 0 Å². The third kappa shape index (κ3) is 2.16. The number of amides is 1. The maximum atomic E-state index is 12.6. The first-order valence-electron chi connectivity index (χ1n) is 8.52. The van der Waals surface area contributed by atoms with E-state index in [1.165, 1.54) is 0 Å². The quantitative estimate of drug-likeness (QED) is 0.752. The van der Waals surface area contributed by atoms with E-state index in [0.29, 0.717) is 17.7 Å². The number of rotatable bonds is 3. The van der Waals surface area contributed by atoms with Crippen LogP contribution < -0.4 is 10.6 Å². The average Bonchev–Trinajstić information content (AvgIpc) is 3.35. The lowest BCUT2D eigenvalue weighted by Crippen LogP contribution is -2.54. The number of hydrogen-bond donors (Lipinski definition) is 2. The van der Waals surface area contributed by atoms with Crippen molar-refractivity contribution in [1.29, 1.82) is 0 Å². The van der Waals surface area contributed by atoms with Crippen LogP contribution in [0.1, 0.15) is 22.6 Å². The Hall–Kier alpha value is -2.80. The van der Waals surface area contributed by atoms with Crippen LogP contribution in [0.5, 0.6) is 0 Å². The van der Waals surface area contributed by atoms with Crippen LogP contribution in [-0.2, 0) is 0 Å². The van der Waals surface area contributed by atoms with Crippen LogP contribution in [-0.4, -0.2) is 44.5 Å². The predicted octanol–water partition coefficient (Wildman–Crippen LogP) is 1.21. The maximum absolute atomic E-state index is 12.6. The Bertz CT molecular complexity index is 961. The highest BCUT2D eigenvalue weighted by atomic mass is 16.2. The van der Waals surface area contributed by atoms with Crippen molar-refractivity contribution in [3.05, 3.63) is 48.0 Å². The fourth-order valence-electron chi connectivity index (χ4n) is 3.97. The van der Waals surface area contributed by atoms with E-state index in [2.05, 4.69) is 25.9 Å². The van der Waals surface area contributed by atoms with Gasteiger partial charge in [0.05, 0.1) is 11.4 Å². The maximum Gasteiger partial charge on any atom is 0.274 e. The molecule has 0 spiro atoms. The molecule has 6 rings (SSSR count). The molecular formula is C18H18N6O. The second-order valence-corrected chi connectivity index (χ2v) is 6.82. The Morgan fingerprint density at radius 3 is 3.08 bits per heavy atom. The van der Waals surface area contributed by atoms with Gasteiger partial charge in [-0.05, 0) is 31.4 Å². The van der Waals surface area contributed by atoms with Crippen LogP contribution >= 0.6 is 0 Å². The molecule has 7 nitrogen and oxygen atoms in total. The Labute approximate surface area is 144 Å². The predicted molar refractivity (Wildman–Crippen MR) is 92.5 cm³/mol. The van der Waals surface area contributed by atoms with Crippen molar-refractivity contribution >= 4 is 16.7 Å². The van der Waals surface area contributed by atoms with E-state index in [0.717, 1.165) is 35.1 Å². The molecule has 2 saturated heterocycles. The molecule has 3 fully saturated rings. The SMILES string of the molecule is Cc1c(C(=O)NC2C3CNC2C3)nnn1-c1cccc2cnccc12. The summed E-state index contributed by atoms with van der Waals surface area (Å²) < 4.78 is 1.73. The van der Waals surface area contributed by atoms with E-state index < -0.39 is 0 Å². The highest BCUT2D eigenvalue weighted by molar-refractivity contribution is 5.94. The van der Waals surface area contributed by atoms with E-state index in [1.807, 2.05) is 37.4 Å². The lowest BCUT2D eigenvalue weighted by molar-refractivity contribution is 0.0886. The molecule has 2 bridgehead atoms. The van der Waals surface area contributed by atoms with Gasteiger partial charge in [-0.2, -0.15) is 0 Å². The number of carbonyl (C=O) groups excluding carboxylic acids is 1. The summed E-state index contributed by atoms with van der Waals surface area (Å²) >= 11 is 0. The number of aromatic nitrogens is 4. The van der Waals surface area contributed by atoms with Gasteiger partial charge in [-0.3, -0.25) is 9.78 Å². The second kappa shape index (κ2) is 5.35. The molecule has 25 heavy (non-hydrogen) atoms. The minimum Gasteiger partial charge on any atom is -0.346 e. The first-order chi connectivity index (χ1) is 12.2. The molecule has 0 radical (unpaired) electrons. The number of carbonyl (C=O) groups is 1. The minimum absolute atomic E-state index is 0.144. The summed E-state index contributed by atoms with van der Waals surface area (Å²) in [4.78, 5) is 16.8. The van der Waals surface area contributed by atoms with Crippen molar-refractivity contribution in [2.24, 2.45) is 5.92 Å². The molecular weight excluding hydrogens is 316 g/mol. The summed E-state index contributed by atoms with van der Waals surface area (Å²) in [6, 6.07) is 8.52. The first-order valence-corrected chi connectivity index (χ1v) is 8.52. The van der Waals surface area contributed by atoms with Crippen molar-refractivity contribution < 1.29 is 4.79 Å². The molecule has 3 aliphatic rings. The Balaban J connectivity index is 1.48. The van der Waals surface area contributed by atoms with Crippen molar-refractivity contribution in [3.8, 4) is 5.69 Å². The third-order valence-corrected chi connectivity index (χ3v) is 5.43. The summed E-state index contributed by atoms with van der Waals surface area (Å²) in [6.07, 6.45) is 4.73. The molecule has 1 aromatic carbocycles. The topological polar surface area (TPSA) is 84.7 Å². The number of nitrogens with one attached hydrogen (secondary N) is 2. The molecule has 3 aromatic rings. The molecule has 2 N–H and O–H groups in total. The standard InChI is InChI=1S/C18H18N6O/c1-10-16(18(25)21-17-12-7-14(17)20-9-12)22-23-24(10)15-4-2-3-11-8-19-6-5-13(11)15/h2-6,8,12,14,17,20H,7,9H2,1H3,(H,21,25). The summed E-state index contributed by atoms with van der Waals surface area (Å²) in [5.41, 5.74) is 2.02. The molecule has 126 valence electrons. The van der Waals surface area contributed by atoms with Gasteiger partial charge in [0.15, 0.2) is 5.69 Å². The van der Waals surface area contributed by atoms with Crippen LogP contribution in [0.15, 0.2) is 36.7 Å². The summed E-state index contributed by atoms with van der Waals surface area (Å²) in [5, 5.41) is 16.9. The van der Waals surface area contributed by atoms with Crippen LogP contribution in [0.4, 0.5) is 0 Å². The normalized spacial score (nSPS) is 24.3. The number of fused-ring (bicyclic) bond motifs is 2. The Morgan fingerprint density at radius 1 is 1.36 bits per heavy atom. The molecule has 1 amide bonds. The van der Waals surface area contributed by atoms with Gasteiger partial charge in [-0.1, -0.05) is 17.3 Å². The highest BCUT2D eigenvalue weighted by Gasteiger charge is 2.47. The lowest BCUT2D eigenvalue weighted by atomic mass is 9.80. The second-order valence-electron chi connectivity index (χ2n) is 6.82. The van der Waals surface area contributed by atoms with E-state index in [4.69, 9.17) is 0 Å². The van der Waals surface area contributed by atoms with E-state index >= 15 is 0 Å². The zero-order valence-electron chi connectivity index (χ0n) is 13.8. The smallest absolute Gasteiger partial charge is 0.274 e. The van der Waals surface area contributed by atoms with Gasteiger partial charge in [-0.15, -0.1) is 5.10 Å². The van der Waals surface area contributed by atoms with Crippen molar-refractivity contribution in [1.82, 2.24) is 30.6 Å². The number of hydrogen-bond acceptors (Lipinski definition) is 5. The minimum atomic E-state index is -0.144. The summed E-state index contributed by atoms with van der Waals surface area (Å²) in [7, 11) is 0. The van der Waals surface area contributed by atoms with E-state index in [-0.39, 0.29) is 11.9 Å². The number of nitrogens with zero attached hydrogens (tertiary/aromatic N) is 4. The van der Waals surface area contributed by atoms with Crippen molar-refractivity contribution in [3.63, 3.8) is 0 Å². The summed E-state index contributed by atoms with van der Waals surface area (Å²) in [6.45, 7) is 2.87. The molecule has 3 unspecified atom stereocenters. The summed E-state index contributed by atoms with van der Waals surface area (Å²) in [5.74, 6) is 0.406. The zero-order chi connectivity index (χ0) is 17.0. The van der Waals surface area contributed by atoms with Crippen LogP contribution in [0.2, 0.25) is 0 Å². The molecule has 4 heterocycles. The lowest BCUT2D eigenvalue weighted by Gasteiger charge is -2.34. The molecule has 1 aliphatic carbocycles. The molecule has 3 atom stereocenters. The van der Waals surface area contributed by atoms with Gasteiger partial charge >= 0.3 is 0 Å². The van der Waals surface area contributed by atoms with Crippen molar-refractivity contribution in [2.75, 3.05) is 6.54 Å². The van der Waals surface area contributed by atoms with Gasteiger partial charge in [-0.25, -0.2) is 4.68 Å². The van der Waals surface area contributed by atoms with E-state index in [1.54, 1.807) is 10.9 Å². The third-order valence-electron chi connectivity index (χ3n) is 5.43. The molecule has 2 aliphatic heterocycles. The van der Waals surface area contributed by atoms with Gasteiger partial charge < -0.3 is 10.6 Å². The highest BCUT2D eigenvalue weighted by Crippen LogP contribution is 2.34. The first kappa shape index (κ1) is 14.5. The van der Waals surface area contributed by atoms with Crippen LogP contribution in [0.3, 0.4) is 0 Å². The van der Waals surface area contributed by atoms with Crippen LogP contribution in [0.25, 0.3) is 16.5 Å². The van der Waals surface area contributed by atoms with Gasteiger partial charge in [0, 0.05) is 41.8 Å². The molecule has 2 aromatic heterocycles. The fourth-order valence-corrected chi connectivity index (χ4v) is 3.97. The molecule has 7 heteroatoms. The Morgan fingerprint density at radius 2 is 2.28 bits per heavy atom. The average molecular weight is 334 g/mol. The van der Waals surface area contributed by atoms with E-state index in [9.17, 15) is 4.79 Å². The largest absolute Gasteiger partial charge is 0.346 e. The monoisotopic (exact) mass is 334 g/mol. The van der Waals surface area contributed by atoms with Gasteiger partial charge in [0.25, 0.3) is 5.91 Å². The molecule has 1 saturated carbocycles. The van der Waals surface area contributed by atoms with Crippen molar-refractivity contribution in [2.45, 2.75) is 25.4 Å². The zero-order valence-corrected chi connectivity index (χ0v) is 13.8. The van der Waals surface area contributed by atoms with Crippen LogP contribution in [0, 0.1) is 12.8 Å². The number of pyridine rings is 1. The van der Waals surface area contributed by atoms with Gasteiger partial charge in [0.1, 0.15) is 0 Å². The Kier molecular flexibility index (Phi) is 3.11. The number of benzene rings is 1.